The van der Waals surface area contributed by atoms with Crippen LogP contribution in [-0.2, 0) is 11.2 Å². The van der Waals surface area contributed by atoms with Gasteiger partial charge in [-0.2, -0.15) is 10.4 Å². The van der Waals surface area contributed by atoms with E-state index in [0.29, 0.717) is 5.56 Å². The van der Waals surface area contributed by atoms with Gasteiger partial charge in [0.25, 0.3) is 0 Å². The van der Waals surface area contributed by atoms with Crippen LogP contribution < -0.4 is 4.90 Å². The Kier molecular flexibility index (Phi) is 3.51. The summed E-state index contributed by atoms with van der Waals surface area (Å²) in [5.74, 6) is 0. The van der Waals surface area contributed by atoms with Crippen molar-refractivity contribution in [2.45, 2.75) is 6.42 Å². The fourth-order valence-corrected chi connectivity index (χ4v) is 3.88. The highest BCUT2D eigenvalue weighted by atomic mass is 16.5. The summed E-state index contributed by atoms with van der Waals surface area (Å²) in [4.78, 5) is 2.39. The fraction of sp³-hybridized carbons (Fsp3) is 0.238. The molecular formula is C21H18N4O. The van der Waals surface area contributed by atoms with Crippen molar-refractivity contribution in [3.63, 3.8) is 0 Å². The molecule has 0 atom stereocenters. The van der Waals surface area contributed by atoms with Gasteiger partial charge in [-0.05, 0) is 29.8 Å². The lowest BCUT2D eigenvalue weighted by molar-refractivity contribution is 0.122. The van der Waals surface area contributed by atoms with Gasteiger partial charge < -0.3 is 9.64 Å². The number of hydrogen-bond donors (Lipinski definition) is 1. The highest BCUT2D eigenvalue weighted by Crippen LogP contribution is 2.41. The van der Waals surface area contributed by atoms with E-state index >= 15 is 0 Å². The predicted molar refractivity (Wildman–Crippen MR) is 100 cm³/mol. The van der Waals surface area contributed by atoms with E-state index in [2.05, 4.69) is 39.4 Å². The third-order valence-corrected chi connectivity index (χ3v) is 5.26. The number of ether oxygens (including phenoxy) is 1. The summed E-state index contributed by atoms with van der Waals surface area (Å²) in [7, 11) is 0. The highest BCUT2D eigenvalue weighted by molar-refractivity contribution is 5.82. The summed E-state index contributed by atoms with van der Waals surface area (Å²) in [6.45, 7) is 3.48. The van der Waals surface area contributed by atoms with E-state index in [4.69, 9.17) is 10.00 Å². The lowest BCUT2D eigenvalue weighted by atomic mass is 10.0. The van der Waals surface area contributed by atoms with Crippen LogP contribution in [0.2, 0.25) is 0 Å². The highest BCUT2D eigenvalue weighted by Gasteiger charge is 2.26. The van der Waals surface area contributed by atoms with Gasteiger partial charge in [-0.15, -0.1) is 0 Å². The zero-order valence-corrected chi connectivity index (χ0v) is 14.3. The zero-order chi connectivity index (χ0) is 17.5. The van der Waals surface area contributed by atoms with Crippen LogP contribution >= 0.6 is 0 Å². The van der Waals surface area contributed by atoms with Crippen LogP contribution in [0.15, 0.2) is 42.5 Å². The SMILES string of the molecule is N#Cc1ccc(-c2n[nH]c3c2Cc2cc(N4CCOCC4)ccc2-3)cc1. The first-order valence-corrected chi connectivity index (χ1v) is 8.87. The molecule has 1 N–H and O–H groups in total. The Morgan fingerprint density at radius 2 is 1.88 bits per heavy atom. The summed E-state index contributed by atoms with van der Waals surface area (Å²) in [6, 6.07) is 16.5. The second kappa shape index (κ2) is 6.01. The predicted octanol–water partition coefficient (Wildman–Crippen LogP) is 3.36. The van der Waals surface area contributed by atoms with E-state index in [1.54, 1.807) is 0 Å². The summed E-state index contributed by atoms with van der Waals surface area (Å²) < 4.78 is 5.46. The molecule has 1 saturated heterocycles. The summed E-state index contributed by atoms with van der Waals surface area (Å²) in [5.41, 5.74) is 8.90. The molecule has 5 nitrogen and oxygen atoms in total. The van der Waals surface area contributed by atoms with Crippen molar-refractivity contribution in [2.24, 2.45) is 0 Å². The minimum absolute atomic E-state index is 0.666. The van der Waals surface area contributed by atoms with Gasteiger partial charge in [0.2, 0.25) is 0 Å². The van der Waals surface area contributed by atoms with Gasteiger partial charge in [0.15, 0.2) is 0 Å². The minimum atomic E-state index is 0.666. The molecule has 2 aliphatic rings. The largest absolute Gasteiger partial charge is 0.378 e. The number of H-pyrrole nitrogens is 1. The molecule has 0 spiro atoms. The third-order valence-electron chi connectivity index (χ3n) is 5.26. The molecule has 26 heavy (non-hydrogen) atoms. The van der Waals surface area contributed by atoms with Crippen molar-refractivity contribution in [1.29, 1.82) is 5.26 Å². The molecule has 128 valence electrons. The van der Waals surface area contributed by atoms with Crippen LogP contribution in [-0.4, -0.2) is 36.5 Å². The van der Waals surface area contributed by atoms with Crippen LogP contribution in [0, 0.1) is 11.3 Å². The number of nitrogens with zero attached hydrogens (tertiary/aromatic N) is 3. The molecule has 1 aromatic heterocycles. The Bertz CT molecular complexity index is 1010. The lowest BCUT2D eigenvalue weighted by Crippen LogP contribution is -2.36. The number of aromatic nitrogens is 2. The standard InChI is InChI=1S/C21H18N4O/c22-13-14-1-3-15(4-2-14)20-19-12-16-11-17(25-7-9-26-10-8-25)5-6-18(16)21(19)24-23-20/h1-6,11H,7-10,12H2,(H,23,24). The van der Waals surface area contributed by atoms with Crippen molar-refractivity contribution in [1.82, 2.24) is 10.2 Å². The molecule has 0 radical (unpaired) electrons. The normalized spacial score (nSPS) is 15.4. The molecule has 2 aromatic carbocycles. The molecule has 1 aliphatic heterocycles. The number of benzene rings is 2. The number of nitrogens with one attached hydrogen (secondary N) is 1. The maximum atomic E-state index is 8.98. The first kappa shape index (κ1) is 15.2. The van der Waals surface area contributed by atoms with Gasteiger partial charge >= 0.3 is 0 Å². The number of morpholine rings is 1. The third kappa shape index (κ3) is 2.39. The molecule has 1 fully saturated rings. The van der Waals surface area contributed by atoms with Crippen LogP contribution in [0.3, 0.4) is 0 Å². The number of fused-ring (bicyclic) bond motifs is 3. The van der Waals surface area contributed by atoms with Gasteiger partial charge in [0.05, 0.1) is 36.2 Å². The van der Waals surface area contributed by atoms with E-state index in [0.717, 1.165) is 49.7 Å². The Balaban J connectivity index is 1.48. The average molecular weight is 342 g/mol. The second-order valence-corrected chi connectivity index (χ2v) is 6.73. The van der Waals surface area contributed by atoms with E-state index in [1.807, 2.05) is 24.3 Å². The van der Waals surface area contributed by atoms with E-state index in [-0.39, 0.29) is 0 Å². The van der Waals surface area contributed by atoms with Crippen LogP contribution in [0.25, 0.3) is 22.5 Å². The Hall–Kier alpha value is -3.10. The molecular weight excluding hydrogens is 324 g/mol. The van der Waals surface area contributed by atoms with Gasteiger partial charge in [-0.25, -0.2) is 0 Å². The van der Waals surface area contributed by atoms with E-state index in [9.17, 15) is 0 Å². The van der Waals surface area contributed by atoms with Crippen LogP contribution in [0.1, 0.15) is 16.7 Å². The second-order valence-electron chi connectivity index (χ2n) is 6.73. The topological polar surface area (TPSA) is 64.9 Å². The van der Waals surface area contributed by atoms with Gasteiger partial charge in [0.1, 0.15) is 0 Å². The summed E-state index contributed by atoms with van der Waals surface area (Å²) >= 11 is 0. The summed E-state index contributed by atoms with van der Waals surface area (Å²) in [6.07, 6.45) is 0.884. The van der Waals surface area contributed by atoms with E-state index < -0.39 is 0 Å². The molecule has 0 saturated carbocycles. The number of hydrogen-bond acceptors (Lipinski definition) is 4. The number of anilines is 1. The zero-order valence-electron chi connectivity index (χ0n) is 14.3. The molecule has 0 amide bonds. The smallest absolute Gasteiger partial charge is 0.0991 e. The van der Waals surface area contributed by atoms with Crippen LogP contribution in [0.4, 0.5) is 5.69 Å². The first-order chi connectivity index (χ1) is 12.8. The van der Waals surface area contributed by atoms with Crippen molar-refractivity contribution in [3.05, 3.63) is 59.2 Å². The van der Waals surface area contributed by atoms with Gasteiger partial charge in [-0.3, -0.25) is 5.10 Å². The molecule has 5 heteroatoms. The maximum Gasteiger partial charge on any atom is 0.0991 e. The quantitative estimate of drug-likeness (QED) is 0.607. The molecule has 3 aromatic rings. The maximum absolute atomic E-state index is 8.98. The van der Waals surface area contributed by atoms with Crippen molar-refractivity contribution in [3.8, 4) is 28.6 Å². The van der Waals surface area contributed by atoms with Crippen LogP contribution in [0.5, 0.6) is 0 Å². The Labute approximate surface area is 151 Å². The molecule has 0 bridgehead atoms. The molecule has 0 unspecified atom stereocenters. The van der Waals surface area contributed by atoms with E-state index in [1.165, 1.54) is 22.4 Å². The van der Waals surface area contributed by atoms with Gasteiger partial charge in [0, 0.05) is 41.9 Å². The number of aromatic amines is 1. The Morgan fingerprint density at radius 3 is 2.65 bits per heavy atom. The number of rotatable bonds is 2. The molecule has 5 rings (SSSR count). The minimum Gasteiger partial charge on any atom is -0.378 e. The molecule has 2 heterocycles. The summed E-state index contributed by atoms with van der Waals surface area (Å²) in [5, 5.41) is 16.7. The Morgan fingerprint density at radius 1 is 1.08 bits per heavy atom. The lowest BCUT2D eigenvalue weighted by Gasteiger charge is -2.29. The van der Waals surface area contributed by atoms with Crippen molar-refractivity contribution >= 4 is 5.69 Å². The van der Waals surface area contributed by atoms with Crippen molar-refractivity contribution < 1.29 is 4.74 Å². The molecule has 1 aliphatic carbocycles. The number of nitriles is 1. The first-order valence-electron chi connectivity index (χ1n) is 8.87. The van der Waals surface area contributed by atoms with Gasteiger partial charge in [-0.1, -0.05) is 18.2 Å². The fourth-order valence-electron chi connectivity index (χ4n) is 3.88. The average Bonchev–Trinajstić information content (AvgIpc) is 3.27. The van der Waals surface area contributed by atoms with Crippen molar-refractivity contribution in [2.75, 3.05) is 31.2 Å². The monoisotopic (exact) mass is 342 g/mol.